The van der Waals surface area contributed by atoms with Crippen LogP contribution >= 0.6 is 0 Å². The average Bonchev–Trinajstić information content (AvgIpc) is 2.37. The van der Waals surface area contributed by atoms with Gasteiger partial charge in [-0.05, 0) is 37.8 Å². The van der Waals surface area contributed by atoms with Crippen molar-refractivity contribution in [3.05, 3.63) is 30.3 Å². The molecule has 0 heterocycles. The van der Waals surface area contributed by atoms with Crippen LogP contribution in [0.4, 0.5) is 0 Å². The van der Waals surface area contributed by atoms with Gasteiger partial charge >= 0.3 is 0 Å². The second-order valence-corrected chi connectivity index (χ2v) is 4.50. The first kappa shape index (κ1) is 12.0. The largest absolute Gasteiger partial charge is 0.481 e. The summed E-state index contributed by atoms with van der Waals surface area (Å²) < 4.78 is 5.46. The first-order valence-electron chi connectivity index (χ1n) is 6.19. The topological polar surface area (TPSA) is 29.5 Å². The van der Waals surface area contributed by atoms with E-state index < -0.39 is 5.60 Å². The Bertz CT molecular complexity index is 394. The minimum Gasteiger partial charge on any atom is -0.481 e. The fourth-order valence-electron chi connectivity index (χ4n) is 2.10. The fourth-order valence-corrected chi connectivity index (χ4v) is 2.10. The lowest BCUT2D eigenvalue weighted by Gasteiger charge is -2.26. The van der Waals surface area contributed by atoms with Gasteiger partial charge in [0.1, 0.15) is 18.0 Å². The maximum absolute atomic E-state index is 10.1. The van der Waals surface area contributed by atoms with Gasteiger partial charge in [-0.3, -0.25) is 0 Å². The minimum atomic E-state index is -0.766. The van der Waals surface area contributed by atoms with Gasteiger partial charge in [0, 0.05) is 0 Å². The van der Waals surface area contributed by atoms with Gasteiger partial charge in [0.25, 0.3) is 0 Å². The number of hydrogen-bond donors (Lipinski definition) is 1. The van der Waals surface area contributed by atoms with Crippen molar-refractivity contribution in [1.82, 2.24) is 0 Å². The second kappa shape index (κ2) is 5.75. The molecule has 0 saturated heterocycles. The van der Waals surface area contributed by atoms with Crippen LogP contribution < -0.4 is 4.74 Å². The number of rotatable bonds is 2. The van der Waals surface area contributed by atoms with E-state index in [4.69, 9.17) is 4.74 Å². The summed E-state index contributed by atoms with van der Waals surface area (Å²) in [7, 11) is 0. The van der Waals surface area contributed by atoms with Crippen molar-refractivity contribution in [2.45, 2.75) is 37.7 Å². The second-order valence-electron chi connectivity index (χ2n) is 4.50. The Balaban J connectivity index is 1.82. The number of hydrogen-bond acceptors (Lipinski definition) is 2. The average molecular weight is 230 g/mol. The standard InChI is InChI=1S/C15H18O2/c16-15(10-5-2-6-11-15)12-7-13-17-14-8-3-1-4-9-14/h1,3-4,8-9,16H,2,5-6,10-11,13H2. The predicted octanol–water partition coefficient (Wildman–Crippen LogP) is 2.76. The summed E-state index contributed by atoms with van der Waals surface area (Å²) in [4.78, 5) is 0. The summed E-state index contributed by atoms with van der Waals surface area (Å²) in [6.45, 7) is 0.340. The molecule has 17 heavy (non-hydrogen) atoms. The first-order chi connectivity index (χ1) is 8.29. The maximum atomic E-state index is 10.1. The molecule has 2 rings (SSSR count). The van der Waals surface area contributed by atoms with Crippen LogP contribution in [-0.4, -0.2) is 17.3 Å². The van der Waals surface area contributed by atoms with Crippen LogP contribution in [0.25, 0.3) is 0 Å². The highest BCUT2D eigenvalue weighted by molar-refractivity contribution is 5.22. The molecular formula is C15H18O2. The number of ether oxygens (including phenoxy) is 1. The molecule has 0 amide bonds. The number of aliphatic hydroxyl groups is 1. The van der Waals surface area contributed by atoms with Gasteiger partial charge in [0.15, 0.2) is 0 Å². The molecule has 2 nitrogen and oxygen atoms in total. The van der Waals surface area contributed by atoms with E-state index in [-0.39, 0.29) is 0 Å². The first-order valence-corrected chi connectivity index (χ1v) is 6.19. The van der Waals surface area contributed by atoms with Crippen molar-refractivity contribution in [3.8, 4) is 17.6 Å². The molecule has 0 bridgehead atoms. The van der Waals surface area contributed by atoms with Crippen molar-refractivity contribution >= 4 is 0 Å². The normalized spacial score (nSPS) is 17.9. The SMILES string of the molecule is OC1(C#CCOc2ccccc2)CCCCC1. The molecule has 0 unspecified atom stereocenters. The molecular weight excluding hydrogens is 212 g/mol. The molecule has 1 aromatic rings. The van der Waals surface area contributed by atoms with Crippen LogP contribution in [0.15, 0.2) is 30.3 Å². The smallest absolute Gasteiger partial charge is 0.149 e. The molecule has 1 aromatic carbocycles. The van der Waals surface area contributed by atoms with Gasteiger partial charge < -0.3 is 9.84 Å². The summed E-state index contributed by atoms with van der Waals surface area (Å²) in [6.07, 6.45) is 4.95. The molecule has 1 fully saturated rings. The highest BCUT2D eigenvalue weighted by Crippen LogP contribution is 2.27. The minimum absolute atomic E-state index is 0.340. The molecule has 0 spiro atoms. The summed E-state index contributed by atoms with van der Waals surface area (Å²) in [5.41, 5.74) is -0.766. The Morgan fingerprint density at radius 3 is 2.53 bits per heavy atom. The summed E-state index contributed by atoms with van der Waals surface area (Å²) in [6, 6.07) is 9.60. The summed E-state index contributed by atoms with van der Waals surface area (Å²) in [5, 5.41) is 10.1. The summed E-state index contributed by atoms with van der Waals surface area (Å²) in [5.74, 6) is 6.69. The van der Waals surface area contributed by atoms with Crippen LogP contribution in [-0.2, 0) is 0 Å². The van der Waals surface area contributed by atoms with Gasteiger partial charge in [-0.1, -0.05) is 36.5 Å². The molecule has 1 aliphatic rings. The zero-order chi connectivity index (χ0) is 12.0. The maximum Gasteiger partial charge on any atom is 0.149 e. The lowest BCUT2D eigenvalue weighted by atomic mass is 9.85. The molecule has 1 N–H and O–H groups in total. The monoisotopic (exact) mass is 230 g/mol. The van der Waals surface area contributed by atoms with Gasteiger partial charge in [0.05, 0.1) is 0 Å². The zero-order valence-electron chi connectivity index (χ0n) is 9.98. The lowest BCUT2D eigenvalue weighted by molar-refractivity contribution is 0.0608. The van der Waals surface area contributed by atoms with E-state index in [1.807, 2.05) is 30.3 Å². The van der Waals surface area contributed by atoms with E-state index in [2.05, 4.69) is 11.8 Å². The van der Waals surface area contributed by atoms with Gasteiger partial charge in [0.2, 0.25) is 0 Å². The van der Waals surface area contributed by atoms with Crippen molar-refractivity contribution in [2.75, 3.05) is 6.61 Å². The molecule has 2 heteroatoms. The third-order valence-electron chi connectivity index (χ3n) is 3.06. The van der Waals surface area contributed by atoms with E-state index in [1.165, 1.54) is 6.42 Å². The molecule has 0 atom stereocenters. The molecule has 90 valence electrons. The molecule has 1 aliphatic carbocycles. The highest BCUT2D eigenvalue weighted by Gasteiger charge is 2.26. The Morgan fingerprint density at radius 2 is 1.82 bits per heavy atom. The zero-order valence-corrected chi connectivity index (χ0v) is 9.98. The summed E-state index contributed by atoms with van der Waals surface area (Å²) >= 11 is 0. The van der Waals surface area contributed by atoms with Crippen LogP contribution in [0.2, 0.25) is 0 Å². The van der Waals surface area contributed by atoms with Crippen LogP contribution in [0.5, 0.6) is 5.75 Å². The van der Waals surface area contributed by atoms with E-state index in [9.17, 15) is 5.11 Å². The highest BCUT2D eigenvalue weighted by atomic mass is 16.5. The number of para-hydroxylation sites is 1. The van der Waals surface area contributed by atoms with Crippen molar-refractivity contribution < 1.29 is 9.84 Å². The third kappa shape index (κ3) is 3.80. The van der Waals surface area contributed by atoms with Crippen LogP contribution in [0, 0.1) is 11.8 Å². The number of benzene rings is 1. The molecule has 0 aliphatic heterocycles. The Kier molecular flexibility index (Phi) is 4.06. The molecule has 0 aromatic heterocycles. The Morgan fingerprint density at radius 1 is 1.12 bits per heavy atom. The Hall–Kier alpha value is -1.46. The third-order valence-corrected chi connectivity index (χ3v) is 3.06. The molecule has 1 saturated carbocycles. The fraction of sp³-hybridized carbons (Fsp3) is 0.467. The van der Waals surface area contributed by atoms with Crippen molar-refractivity contribution in [1.29, 1.82) is 0 Å². The van der Waals surface area contributed by atoms with E-state index >= 15 is 0 Å². The van der Waals surface area contributed by atoms with Crippen molar-refractivity contribution in [2.24, 2.45) is 0 Å². The van der Waals surface area contributed by atoms with Crippen LogP contribution in [0.3, 0.4) is 0 Å². The van der Waals surface area contributed by atoms with E-state index in [1.54, 1.807) is 0 Å². The van der Waals surface area contributed by atoms with Crippen molar-refractivity contribution in [3.63, 3.8) is 0 Å². The van der Waals surface area contributed by atoms with E-state index in [0.717, 1.165) is 31.4 Å². The van der Waals surface area contributed by atoms with Crippen LogP contribution in [0.1, 0.15) is 32.1 Å². The van der Waals surface area contributed by atoms with Gasteiger partial charge in [-0.25, -0.2) is 0 Å². The predicted molar refractivity (Wildman–Crippen MR) is 67.7 cm³/mol. The Labute approximate surface area is 103 Å². The van der Waals surface area contributed by atoms with Gasteiger partial charge in [-0.15, -0.1) is 0 Å². The van der Waals surface area contributed by atoms with E-state index in [0.29, 0.717) is 6.61 Å². The quantitative estimate of drug-likeness (QED) is 0.792. The molecule has 0 radical (unpaired) electrons. The van der Waals surface area contributed by atoms with Gasteiger partial charge in [-0.2, -0.15) is 0 Å². The lowest BCUT2D eigenvalue weighted by Crippen LogP contribution is -2.29.